The van der Waals surface area contributed by atoms with Gasteiger partial charge in [-0.3, -0.25) is 9.78 Å². The van der Waals surface area contributed by atoms with Crippen LogP contribution in [-0.4, -0.2) is 52.4 Å². The molecule has 1 amide bonds. The predicted octanol–water partition coefficient (Wildman–Crippen LogP) is 1.96. The van der Waals surface area contributed by atoms with Gasteiger partial charge in [-0.2, -0.15) is 4.98 Å². The Labute approximate surface area is 148 Å². The maximum atomic E-state index is 12.7. The quantitative estimate of drug-likeness (QED) is 0.917. The number of fused-ring (bicyclic) bond motifs is 1. The summed E-state index contributed by atoms with van der Waals surface area (Å²) in [5.74, 6) is 1.52. The molecule has 3 rings (SSSR count). The number of amides is 1. The van der Waals surface area contributed by atoms with Crippen molar-refractivity contribution in [2.24, 2.45) is 0 Å². The van der Waals surface area contributed by atoms with E-state index in [-0.39, 0.29) is 11.9 Å². The van der Waals surface area contributed by atoms with E-state index in [1.54, 1.807) is 24.5 Å². The highest BCUT2D eigenvalue weighted by Crippen LogP contribution is 2.27. The first-order valence-electron chi connectivity index (χ1n) is 8.48. The zero-order valence-electron chi connectivity index (χ0n) is 15.2. The number of pyridine rings is 1. The lowest BCUT2D eigenvalue weighted by Gasteiger charge is -2.31. The summed E-state index contributed by atoms with van der Waals surface area (Å²) in [6.45, 7) is 5.30. The van der Waals surface area contributed by atoms with Crippen LogP contribution in [0, 0.1) is 0 Å². The van der Waals surface area contributed by atoms with Crippen LogP contribution in [0.15, 0.2) is 24.5 Å². The maximum Gasteiger partial charge on any atom is 0.254 e. The van der Waals surface area contributed by atoms with Crippen molar-refractivity contribution in [1.82, 2.24) is 19.9 Å². The molecule has 0 aliphatic carbocycles. The van der Waals surface area contributed by atoms with Crippen molar-refractivity contribution in [1.29, 1.82) is 0 Å². The number of hydrogen-bond donors (Lipinski definition) is 1. The number of carbonyl (C=O) groups is 1. The fraction of sp³-hybridized carbons (Fsp3) is 0.444. The van der Waals surface area contributed by atoms with Crippen LogP contribution in [0.4, 0.5) is 11.8 Å². The molecule has 2 aromatic heterocycles. The van der Waals surface area contributed by atoms with E-state index in [1.165, 1.54) is 0 Å². The molecule has 0 saturated carbocycles. The lowest BCUT2D eigenvalue weighted by Crippen LogP contribution is -2.37. The molecule has 0 atom stereocenters. The number of hydrogen-bond acceptors (Lipinski definition) is 6. The Kier molecular flexibility index (Phi) is 4.83. The van der Waals surface area contributed by atoms with Crippen molar-refractivity contribution in [3.8, 4) is 0 Å². The molecule has 3 heterocycles. The first kappa shape index (κ1) is 17.1. The van der Waals surface area contributed by atoms with Gasteiger partial charge in [0.25, 0.3) is 5.91 Å². The molecule has 1 aliphatic heterocycles. The molecule has 0 saturated heterocycles. The summed E-state index contributed by atoms with van der Waals surface area (Å²) < 4.78 is 0. The second-order valence-corrected chi connectivity index (χ2v) is 6.70. The highest BCUT2D eigenvalue weighted by molar-refractivity contribution is 5.94. The summed E-state index contributed by atoms with van der Waals surface area (Å²) in [5, 5.41) is 3.27. The Hall–Kier alpha value is -2.70. The number of anilines is 2. The Morgan fingerprint density at radius 3 is 2.60 bits per heavy atom. The first-order chi connectivity index (χ1) is 12.0. The summed E-state index contributed by atoms with van der Waals surface area (Å²) in [5.41, 5.74) is 2.69. The van der Waals surface area contributed by atoms with E-state index in [9.17, 15) is 4.79 Å². The number of nitrogens with one attached hydrogen (secondary N) is 1. The zero-order chi connectivity index (χ0) is 18.0. The molecule has 2 aromatic rings. The first-order valence-corrected chi connectivity index (χ1v) is 8.48. The van der Waals surface area contributed by atoms with Gasteiger partial charge >= 0.3 is 0 Å². The van der Waals surface area contributed by atoms with Crippen LogP contribution in [-0.2, 0) is 13.0 Å². The summed E-state index contributed by atoms with van der Waals surface area (Å²) >= 11 is 0. The fourth-order valence-corrected chi connectivity index (χ4v) is 2.94. The van der Waals surface area contributed by atoms with Crippen LogP contribution in [0.1, 0.15) is 35.5 Å². The van der Waals surface area contributed by atoms with Gasteiger partial charge in [-0.05, 0) is 26.0 Å². The number of nitrogens with zero attached hydrogens (tertiary/aromatic N) is 5. The van der Waals surface area contributed by atoms with Gasteiger partial charge in [-0.25, -0.2) is 4.98 Å². The van der Waals surface area contributed by atoms with Crippen LogP contribution >= 0.6 is 0 Å². The Balaban J connectivity index is 1.90. The highest BCUT2D eigenvalue weighted by Gasteiger charge is 2.27. The molecule has 0 spiro atoms. The number of rotatable bonds is 4. The van der Waals surface area contributed by atoms with E-state index in [2.05, 4.69) is 34.1 Å². The lowest BCUT2D eigenvalue weighted by atomic mass is 10.0. The van der Waals surface area contributed by atoms with Crippen molar-refractivity contribution in [2.75, 3.05) is 30.9 Å². The molecule has 7 heteroatoms. The van der Waals surface area contributed by atoms with Gasteiger partial charge in [0.05, 0.1) is 12.2 Å². The van der Waals surface area contributed by atoms with Gasteiger partial charge < -0.3 is 15.1 Å². The third kappa shape index (κ3) is 3.70. The third-order valence-electron chi connectivity index (χ3n) is 4.09. The monoisotopic (exact) mass is 340 g/mol. The number of aromatic nitrogens is 3. The summed E-state index contributed by atoms with van der Waals surface area (Å²) in [6.07, 6.45) is 4.01. The summed E-state index contributed by atoms with van der Waals surface area (Å²) in [4.78, 5) is 29.9. The van der Waals surface area contributed by atoms with E-state index in [4.69, 9.17) is 0 Å². The SMILES string of the molecule is CC(C)Nc1nc2c(c(N(C)C)n1)CN(C(=O)c1ccncc1)CC2. The molecule has 1 aliphatic rings. The average Bonchev–Trinajstić information content (AvgIpc) is 2.60. The van der Waals surface area contributed by atoms with Crippen molar-refractivity contribution in [2.45, 2.75) is 32.9 Å². The van der Waals surface area contributed by atoms with E-state index < -0.39 is 0 Å². The second kappa shape index (κ2) is 7.04. The lowest BCUT2D eigenvalue weighted by molar-refractivity contribution is 0.0733. The third-order valence-corrected chi connectivity index (χ3v) is 4.09. The van der Waals surface area contributed by atoms with Crippen molar-refractivity contribution < 1.29 is 4.79 Å². The highest BCUT2D eigenvalue weighted by atomic mass is 16.2. The Bertz CT molecular complexity index is 760. The Morgan fingerprint density at radius 2 is 1.96 bits per heavy atom. The van der Waals surface area contributed by atoms with E-state index in [1.807, 2.05) is 23.9 Å². The summed E-state index contributed by atoms with van der Waals surface area (Å²) in [7, 11) is 3.93. The normalized spacial score (nSPS) is 13.6. The molecule has 25 heavy (non-hydrogen) atoms. The minimum absolute atomic E-state index is 0.0159. The minimum Gasteiger partial charge on any atom is -0.362 e. The van der Waals surface area contributed by atoms with Crippen molar-refractivity contribution in [3.05, 3.63) is 41.3 Å². The smallest absolute Gasteiger partial charge is 0.254 e. The predicted molar refractivity (Wildman–Crippen MR) is 97.8 cm³/mol. The van der Waals surface area contributed by atoms with Gasteiger partial charge in [0, 0.05) is 56.6 Å². The van der Waals surface area contributed by atoms with Crippen LogP contribution < -0.4 is 10.2 Å². The van der Waals surface area contributed by atoms with Crippen LogP contribution in [0.5, 0.6) is 0 Å². The van der Waals surface area contributed by atoms with Gasteiger partial charge in [0.2, 0.25) is 5.95 Å². The fourth-order valence-electron chi connectivity index (χ4n) is 2.94. The second-order valence-electron chi connectivity index (χ2n) is 6.70. The minimum atomic E-state index is 0.0159. The largest absolute Gasteiger partial charge is 0.362 e. The van der Waals surface area contributed by atoms with E-state index in [0.717, 1.165) is 23.5 Å². The molecule has 0 unspecified atom stereocenters. The molecule has 7 nitrogen and oxygen atoms in total. The van der Waals surface area contributed by atoms with Crippen molar-refractivity contribution in [3.63, 3.8) is 0 Å². The van der Waals surface area contributed by atoms with E-state index >= 15 is 0 Å². The van der Waals surface area contributed by atoms with E-state index in [0.29, 0.717) is 24.6 Å². The standard InChI is InChI=1S/C18H24N6O/c1-12(2)20-18-21-15-7-10-24(11-14(15)16(22-18)23(3)4)17(25)13-5-8-19-9-6-13/h5-6,8-9,12H,7,10-11H2,1-4H3,(H,20,21,22). The Morgan fingerprint density at radius 1 is 1.24 bits per heavy atom. The maximum absolute atomic E-state index is 12.7. The van der Waals surface area contributed by atoms with Gasteiger partial charge in [-0.15, -0.1) is 0 Å². The molecule has 0 aromatic carbocycles. The van der Waals surface area contributed by atoms with Gasteiger partial charge in [-0.1, -0.05) is 0 Å². The molecular weight excluding hydrogens is 316 g/mol. The molecular formula is C18H24N6O. The van der Waals surface area contributed by atoms with Crippen LogP contribution in [0.2, 0.25) is 0 Å². The zero-order valence-corrected chi connectivity index (χ0v) is 15.2. The molecule has 0 fully saturated rings. The molecule has 1 N–H and O–H groups in total. The topological polar surface area (TPSA) is 74.2 Å². The van der Waals surface area contributed by atoms with Gasteiger partial charge in [0.1, 0.15) is 5.82 Å². The summed E-state index contributed by atoms with van der Waals surface area (Å²) in [6, 6.07) is 3.76. The van der Waals surface area contributed by atoms with Gasteiger partial charge in [0.15, 0.2) is 0 Å². The molecule has 132 valence electrons. The molecule has 0 radical (unpaired) electrons. The van der Waals surface area contributed by atoms with Crippen molar-refractivity contribution >= 4 is 17.7 Å². The van der Waals surface area contributed by atoms with Crippen LogP contribution in [0.25, 0.3) is 0 Å². The molecule has 0 bridgehead atoms. The number of carbonyl (C=O) groups excluding carboxylic acids is 1. The average molecular weight is 340 g/mol. The van der Waals surface area contributed by atoms with Crippen LogP contribution in [0.3, 0.4) is 0 Å².